The van der Waals surface area contributed by atoms with Crippen LogP contribution in [0.25, 0.3) is 0 Å². The average molecular weight is 340 g/mol. The summed E-state index contributed by atoms with van der Waals surface area (Å²) < 4.78 is 6.10. The second kappa shape index (κ2) is 7.09. The van der Waals surface area contributed by atoms with E-state index in [2.05, 4.69) is 50.5 Å². The molecule has 3 N–H and O–H groups in total. The van der Waals surface area contributed by atoms with Gasteiger partial charge in [0.1, 0.15) is 0 Å². The Labute approximate surface area is 128 Å². The van der Waals surface area contributed by atoms with E-state index in [-0.39, 0.29) is 5.41 Å². The molecule has 0 radical (unpaired) electrons. The van der Waals surface area contributed by atoms with Crippen LogP contribution in [0.3, 0.4) is 0 Å². The van der Waals surface area contributed by atoms with Crippen molar-refractivity contribution < 1.29 is 4.74 Å². The first-order valence-electron chi connectivity index (χ1n) is 6.95. The Morgan fingerprint density at radius 2 is 2.30 bits per heavy atom. The Morgan fingerprint density at radius 3 is 2.90 bits per heavy atom. The van der Waals surface area contributed by atoms with Crippen LogP contribution >= 0.6 is 15.9 Å². The SMILES string of the molecule is COCCNC(N)=NCC1(c2cccc(Br)c2)CCC1. The highest BCUT2D eigenvalue weighted by Gasteiger charge is 2.38. The van der Waals surface area contributed by atoms with Gasteiger partial charge in [0, 0.05) is 23.5 Å². The molecule has 1 saturated carbocycles. The first-order chi connectivity index (χ1) is 9.66. The van der Waals surface area contributed by atoms with E-state index in [1.54, 1.807) is 7.11 Å². The van der Waals surface area contributed by atoms with Crippen molar-refractivity contribution in [1.29, 1.82) is 0 Å². The van der Waals surface area contributed by atoms with Crippen molar-refractivity contribution in [2.24, 2.45) is 10.7 Å². The second-order valence-electron chi connectivity index (χ2n) is 5.27. The van der Waals surface area contributed by atoms with E-state index < -0.39 is 0 Å². The van der Waals surface area contributed by atoms with Gasteiger partial charge in [0.2, 0.25) is 0 Å². The lowest BCUT2D eigenvalue weighted by Gasteiger charge is -2.41. The Hall–Kier alpha value is -1.07. The van der Waals surface area contributed by atoms with E-state index in [1.165, 1.54) is 24.8 Å². The summed E-state index contributed by atoms with van der Waals surface area (Å²) >= 11 is 3.54. The van der Waals surface area contributed by atoms with E-state index in [0.717, 1.165) is 11.0 Å². The number of nitrogens with one attached hydrogen (secondary N) is 1. The smallest absolute Gasteiger partial charge is 0.188 e. The number of methoxy groups -OCH3 is 1. The van der Waals surface area contributed by atoms with Crippen LogP contribution < -0.4 is 11.1 Å². The van der Waals surface area contributed by atoms with E-state index >= 15 is 0 Å². The standard InChI is InChI=1S/C15H22BrN3O/c1-20-9-8-18-14(17)19-11-15(6-3-7-15)12-4-2-5-13(16)10-12/h2,4-5,10H,3,6-9,11H2,1H3,(H3,17,18,19). The molecule has 1 aliphatic carbocycles. The number of benzene rings is 1. The third kappa shape index (κ3) is 3.73. The van der Waals surface area contributed by atoms with Crippen molar-refractivity contribution in [3.05, 3.63) is 34.3 Å². The molecule has 0 bridgehead atoms. The number of hydrogen-bond donors (Lipinski definition) is 2. The molecule has 0 aromatic heterocycles. The first-order valence-corrected chi connectivity index (χ1v) is 7.74. The van der Waals surface area contributed by atoms with Gasteiger partial charge in [-0.25, -0.2) is 0 Å². The quantitative estimate of drug-likeness (QED) is 0.475. The molecule has 1 aromatic carbocycles. The zero-order valence-electron chi connectivity index (χ0n) is 11.9. The molecule has 0 heterocycles. The fourth-order valence-corrected chi connectivity index (χ4v) is 2.93. The highest BCUT2D eigenvalue weighted by Crippen LogP contribution is 2.44. The van der Waals surface area contributed by atoms with E-state index in [9.17, 15) is 0 Å². The van der Waals surface area contributed by atoms with Gasteiger partial charge in [-0.1, -0.05) is 34.5 Å². The number of rotatable bonds is 6. The fourth-order valence-electron chi connectivity index (χ4n) is 2.53. The molecule has 2 rings (SSSR count). The van der Waals surface area contributed by atoms with E-state index in [0.29, 0.717) is 19.1 Å². The lowest BCUT2D eigenvalue weighted by molar-refractivity contribution is 0.203. The molecule has 0 aliphatic heterocycles. The minimum absolute atomic E-state index is 0.164. The molecule has 5 heteroatoms. The monoisotopic (exact) mass is 339 g/mol. The van der Waals surface area contributed by atoms with Gasteiger partial charge in [0.15, 0.2) is 5.96 Å². The average Bonchev–Trinajstić information content (AvgIpc) is 2.38. The van der Waals surface area contributed by atoms with Gasteiger partial charge in [-0.15, -0.1) is 0 Å². The lowest BCUT2D eigenvalue weighted by atomic mass is 9.64. The van der Waals surface area contributed by atoms with Crippen LogP contribution in [-0.4, -0.2) is 32.8 Å². The minimum Gasteiger partial charge on any atom is -0.383 e. The van der Waals surface area contributed by atoms with Crippen LogP contribution in [0.15, 0.2) is 33.7 Å². The second-order valence-corrected chi connectivity index (χ2v) is 6.18. The van der Waals surface area contributed by atoms with Crippen LogP contribution in [-0.2, 0) is 10.2 Å². The maximum Gasteiger partial charge on any atom is 0.188 e. The number of aliphatic imine (C=N–C) groups is 1. The van der Waals surface area contributed by atoms with Crippen molar-refractivity contribution >= 4 is 21.9 Å². The molecule has 0 saturated heterocycles. The Kier molecular flexibility index (Phi) is 5.43. The number of halogens is 1. The Morgan fingerprint density at radius 1 is 1.50 bits per heavy atom. The van der Waals surface area contributed by atoms with Crippen LogP contribution in [0, 0.1) is 0 Å². The summed E-state index contributed by atoms with van der Waals surface area (Å²) in [5.41, 5.74) is 7.40. The van der Waals surface area contributed by atoms with Crippen molar-refractivity contribution in [3.63, 3.8) is 0 Å². The maximum atomic E-state index is 5.88. The topological polar surface area (TPSA) is 59.6 Å². The van der Waals surface area contributed by atoms with Gasteiger partial charge < -0.3 is 15.8 Å². The van der Waals surface area contributed by atoms with E-state index in [4.69, 9.17) is 10.5 Å². The predicted octanol–water partition coefficient (Wildman–Crippen LogP) is 2.42. The van der Waals surface area contributed by atoms with Gasteiger partial charge >= 0.3 is 0 Å². The van der Waals surface area contributed by atoms with Gasteiger partial charge in [-0.3, -0.25) is 4.99 Å². The van der Waals surface area contributed by atoms with Crippen LogP contribution in [0.5, 0.6) is 0 Å². The summed E-state index contributed by atoms with van der Waals surface area (Å²) in [6, 6.07) is 8.53. The fraction of sp³-hybridized carbons (Fsp3) is 0.533. The van der Waals surface area contributed by atoms with Gasteiger partial charge in [-0.2, -0.15) is 0 Å². The largest absolute Gasteiger partial charge is 0.383 e. The number of hydrogen-bond acceptors (Lipinski definition) is 2. The summed E-state index contributed by atoms with van der Waals surface area (Å²) in [6.07, 6.45) is 3.62. The summed E-state index contributed by atoms with van der Waals surface area (Å²) in [5, 5.41) is 3.06. The van der Waals surface area contributed by atoms with Crippen LogP contribution in [0.4, 0.5) is 0 Å². The molecule has 1 aliphatic rings. The highest BCUT2D eigenvalue weighted by atomic mass is 79.9. The maximum absolute atomic E-state index is 5.88. The zero-order chi connectivity index (χ0) is 14.4. The van der Waals surface area contributed by atoms with E-state index in [1.807, 2.05) is 0 Å². The van der Waals surface area contributed by atoms with Gasteiger partial charge in [0.05, 0.1) is 13.2 Å². The molecule has 0 spiro atoms. The lowest BCUT2D eigenvalue weighted by Crippen LogP contribution is -2.40. The number of ether oxygens (including phenoxy) is 1. The van der Waals surface area contributed by atoms with Gasteiger partial charge in [-0.05, 0) is 30.5 Å². The molecule has 0 unspecified atom stereocenters. The molecule has 110 valence electrons. The van der Waals surface area contributed by atoms with Crippen LogP contribution in [0.2, 0.25) is 0 Å². The van der Waals surface area contributed by atoms with Crippen molar-refractivity contribution in [1.82, 2.24) is 5.32 Å². The molecule has 0 amide bonds. The molecule has 0 atom stereocenters. The van der Waals surface area contributed by atoms with Crippen molar-refractivity contribution in [2.75, 3.05) is 26.8 Å². The number of nitrogens with two attached hydrogens (primary N) is 1. The molecular formula is C15H22BrN3O. The minimum atomic E-state index is 0.164. The third-order valence-electron chi connectivity index (χ3n) is 3.91. The summed E-state index contributed by atoms with van der Waals surface area (Å²) in [4.78, 5) is 4.51. The highest BCUT2D eigenvalue weighted by molar-refractivity contribution is 9.10. The Bertz CT molecular complexity index is 472. The van der Waals surface area contributed by atoms with Crippen molar-refractivity contribution in [2.45, 2.75) is 24.7 Å². The molecule has 20 heavy (non-hydrogen) atoms. The predicted molar refractivity (Wildman–Crippen MR) is 86.0 cm³/mol. The molecule has 1 aromatic rings. The third-order valence-corrected chi connectivity index (χ3v) is 4.41. The zero-order valence-corrected chi connectivity index (χ0v) is 13.4. The normalized spacial score (nSPS) is 17.6. The summed E-state index contributed by atoms with van der Waals surface area (Å²) in [5.74, 6) is 0.503. The first kappa shape index (κ1) is 15.3. The molecule has 1 fully saturated rings. The Balaban J connectivity index is 2.00. The molecular weight excluding hydrogens is 318 g/mol. The van der Waals surface area contributed by atoms with Crippen LogP contribution in [0.1, 0.15) is 24.8 Å². The number of guanidine groups is 1. The molecule has 4 nitrogen and oxygen atoms in total. The number of nitrogens with zero attached hydrogens (tertiary/aromatic N) is 1. The van der Waals surface area contributed by atoms with Crippen molar-refractivity contribution in [3.8, 4) is 0 Å². The van der Waals surface area contributed by atoms with Gasteiger partial charge in [0.25, 0.3) is 0 Å². The summed E-state index contributed by atoms with van der Waals surface area (Å²) in [6.45, 7) is 2.07. The summed E-state index contributed by atoms with van der Waals surface area (Å²) in [7, 11) is 1.67.